The number of likely N-dealkylation sites (tertiary alicyclic amines) is 1. The fourth-order valence-corrected chi connectivity index (χ4v) is 5.78. The molecular weight excluding hydrogens is 384 g/mol. The SMILES string of the molecule is CN(C)CCCN1CC(C(=O)N[C@@H]2C(=O)N3[C@@H]2SC(C)(C)[C@@H]3C(=O)O)CC1=O. The van der Waals surface area contributed by atoms with Crippen molar-refractivity contribution in [1.82, 2.24) is 20.0 Å². The van der Waals surface area contributed by atoms with Crippen molar-refractivity contribution >= 4 is 35.5 Å². The summed E-state index contributed by atoms with van der Waals surface area (Å²) in [6.45, 7) is 5.44. The average molecular weight is 413 g/mol. The number of fused-ring (bicyclic) bond motifs is 1. The van der Waals surface area contributed by atoms with E-state index in [-0.39, 0.29) is 29.5 Å². The largest absolute Gasteiger partial charge is 0.480 e. The molecule has 0 bridgehead atoms. The average Bonchev–Trinajstić information content (AvgIpc) is 3.07. The predicted octanol–water partition coefficient (Wildman–Crippen LogP) is -0.582. The van der Waals surface area contributed by atoms with Crippen LogP contribution in [0.25, 0.3) is 0 Å². The van der Waals surface area contributed by atoms with Gasteiger partial charge in [-0.1, -0.05) is 0 Å². The molecule has 9 nitrogen and oxygen atoms in total. The summed E-state index contributed by atoms with van der Waals surface area (Å²) in [6, 6.07) is -1.62. The molecule has 0 aromatic carbocycles. The van der Waals surface area contributed by atoms with Crippen molar-refractivity contribution in [2.75, 3.05) is 33.7 Å². The van der Waals surface area contributed by atoms with Gasteiger partial charge in [-0.05, 0) is 40.9 Å². The number of carbonyl (C=O) groups is 4. The summed E-state index contributed by atoms with van der Waals surface area (Å²) in [5.41, 5.74) is 0. The molecule has 1 unspecified atom stereocenters. The van der Waals surface area contributed by atoms with Crippen molar-refractivity contribution in [2.45, 2.75) is 48.9 Å². The first-order valence-corrected chi connectivity index (χ1v) is 10.4. The fraction of sp³-hybridized carbons (Fsp3) is 0.778. The zero-order valence-electron chi connectivity index (χ0n) is 16.7. The molecule has 3 heterocycles. The number of nitrogens with one attached hydrogen (secondary N) is 1. The van der Waals surface area contributed by atoms with Crippen molar-refractivity contribution in [3.63, 3.8) is 0 Å². The number of hydrogen-bond donors (Lipinski definition) is 2. The maximum atomic E-state index is 12.6. The normalized spacial score (nSPS) is 31.2. The standard InChI is InChI=1S/C18H28N4O5S/c1-18(2)13(17(26)27)22-15(25)12(16(22)28-18)19-14(24)10-8-11(23)21(9-10)7-5-6-20(3)4/h10,12-13,16H,5-9H2,1-4H3,(H,19,24)(H,26,27)/t10?,12-,13+,16-/m1/s1. The third-order valence-electron chi connectivity index (χ3n) is 5.59. The molecule has 3 amide bonds. The molecule has 0 radical (unpaired) electrons. The van der Waals surface area contributed by atoms with E-state index in [1.807, 2.05) is 19.0 Å². The lowest BCUT2D eigenvalue weighted by molar-refractivity contribution is -0.161. The monoisotopic (exact) mass is 412 g/mol. The molecule has 28 heavy (non-hydrogen) atoms. The second-order valence-corrected chi connectivity index (χ2v) is 10.3. The molecule has 4 atom stereocenters. The Balaban J connectivity index is 1.56. The lowest BCUT2D eigenvalue weighted by atomic mass is 9.95. The van der Waals surface area contributed by atoms with Crippen LogP contribution in [0.4, 0.5) is 0 Å². The summed E-state index contributed by atoms with van der Waals surface area (Å²) in [5.74, 6) is -2.21. The van der Waals surface area contributed by atoms with E-state index in [2.05, 4.69) is 5.32 Å². The molecule has 3 aliphatic rings. The third-order valence-corrected chi connectivity index (χ3v) is 7.16. The minimum absolute atomic E-state index is 0.0391. The third kappa shape index (κ3) is 3.71. The van der Waals surface area contributed by atoms with Crippen LogP contribution in [0.3, 0.4) is 0 Å². The minimum Gasteiger partial charge on any atom is -0.480 e. The highest BCUT2D eigenvalue weighted by Gasteiger charge is 2.64. The Morgan fingerprint density at radius 3 is 2.61 bits per heavy atom. The number of rotatable bonds is 7. The molecule has 10 heteroatoms. The quantitative estimate of drug-likeness (QED) is 0.538. The van der Waals surface area contributed by atoms with Gasteiger partial charge in [0.15, 0.2) is 0 Å². The number of carboxylic acids is 1. The number of β-lactam (4-membered cyclic amide) rings is 1. The van der Waals surface area contributed by atoms with Crippen LogP contribution >= 0.6 is 11.8 Å². The van der Waals surface area contributed by atoms with Crippen LogP contribution < -0.4 is 5.32 Å². The first-order valence-electron chi connectivity index (χ1n) is 9.48. The lowest BCUT2D eigenvalue weighted by Gasteiger charge is -2.43. The van der Waals surface area contributed by atoms with Gasteiger partial charge in [0.1, 0.15) is 17.5 Å². The molecule has 3 saturated heterocycles. The van der Waals surface area contributed by atoms with Gasteiger partial charge in [0.05, 0.1) is 5.92 Å². The van der Waals surface area contributed by atoms with Gasteiger partial charge in [0, 0.05) is 24.3 Å². The maximum Gasteiger partial charge on any atom is 0.327 e. The summed E-state index contributed by atoms with van der Waals surface area (Å²) in [6.07, 6.45) is 0.993. The van der Waals surface area contributed by atoms with Crippen molar-refractivity contribution in [2.24, 2.45) is 5.92 Å². The number of thioether (sulfide) groups is 1. The minimum atomic E-state index is -1.03. The summed E-state index contributed by atoms with van der Waals surface area (Å²) >= 11 is 1.39. The topological polar surface area (TPSA) is 110 Å². The summed E-state index contributed by atoms with van der Waals surface area (Å²) < 4.78 is -0.627. The van der Waals surface area contributed by atoms with Gasteiger partial charge in [0.2, 0.25) is 17.7 Å². The van der Waals surface area contributed by atoms with E-state index in [1.165, 1.54) is 16.7 Å². The van der Waals surface area contributed by atoms with Gasteiger partial charge in [-0.3, -0.25) is 14.4 Å². The molecule has 156 valence electrons. The van der Waals surface area contributed by atoms with E-state index in [0.29, 0.717) is 13.1 Å². The highest BCUT2D eigenvalue weighted by atomic mass is 32.2. The van der Waals surface area contributed by atoms with Crippen molar-refractivity contribution in [1.29, 1.82) is 0 Å². The Morgan fingerprint density at radius 1 is 1.32 bits per heavy atom. The molecule has 0 spiro atoms. The van der Waals surface area contributed by atoms with Crippen LogP contribution in [-0.4, -0.2) is 99.4 Å². The van der Waals surface area contributed by atoms with Gasteiger partial charge in [-0.2, -0.15) is 0 Å². The Hall–Kier alpha value is -1.81. The second kappa shape index (κ2) is 7.55. The number of amides is 3. The second-order valence-electron chi connectivity index (χ2n) is 8.48. The molecule has 2 N–H and O–H groups in total. The van der Waals surface area contributed by atoms with Gasteiger partial charge in [-0.15, -0.1) is 11.8 Å². The zero-order valence-corrected chi connectivity index (χ0v) is 17.5. The Bertz CT molecular complexity index is 697. The number of hydrogen-bond acceptors (Lipinski definition) is 6. The van der Waals surface area contributed by atoms with E-state index in [4.69, 9.17) is 0 Å². The van der Waals surface area contributed by atoms with Crippen molar-refractivity contribution < 1.29 is 24.3 Å². The maximum absolute atomic E-state index is 12.6. The molecule has 0 aromatic rings. The lowest BCUT2D eigenvalue weighted by Crippen LogP contribution is -2.71. The molecule has 3 fully saturated rings. The molecular formula is C18H28N4O5S. The number of carboxylic acid groups (broad SMARTS) is 1. The number of aliphatic carboxylic acids is 1. The van der Waals surface area contributed by atoms with Crippen molar-refractivity contribution in [3.8, 4) is 0 Å². The number of nitrogens with zero attached hydrogens (tertiary/aromatic N) is 3. The van der Waals surface area contributed by atoms with Gasteiger partial charge in [-0.25, -0.2) is 4.79 Å². The predicted molar refractivity (Wildman–Crippen MR) is 104 cm³/mol. The van der Waals surface area contributed by atoms with E-state index in [9.17, 15) is 24.3 Å². The Morgan fingerprint density at radius 2 is 2.00 bits per heavy atom. The van der Waals surface area contributed by atoms with E-state index < -0.39 is 28.7 Å². The van der Waals surface area contributed by atoms with Crippen LogP contribution in [0.1, 0.15) is 26.7 Å². The van der Waals surface area contributed by atoms with Crippen LogP contribution in [0.15, 0.2) is 0 Å². The summed E-state index contributed by atoms with van der Waals surface area (Å²) in [4.78, 5) is 53.9. The first-order chi connectivity index (χ1) is 13.0. The van der Waals surface area contributed by atoms with Crippen molar-refractivity contribution in [3.05, 3.63) is 0 Å². The highest BCUT2D eigenvalue weighted by Crippen LogP contribution is 2.50. The molecule has 0 aliphatic carbocycles. The van der Waals surface area contributed by atoms with Crippen LogP contribution in [0.2, 0.25) is 0 Å². The van der Waals surface area contributed by atoms with E-state index in [1.54, 1.807) is 18.7 Å². The smallest absolute Gasteiger partial charge is 0.327 e. The first kappa shape index (κ1) is 20.9. The summed E-state index contributed by atoms with van der Waals surface area (Å²) in [7, 11) is 3.94. The zero-order chi connectivity index (χ0) is 20.8. The Labute approximate surface area is 168 Å². The fourth-order valence-electron chi connectivity index (χ4n) is 4.16. The van der Waals surface area contributed by atoms with Gasteiger partial charge in [0.25, 0.3) is 0 Å². The van der Waals surface area contributed by atoms with Gasteiger partial charge >= 0.3 is 5.97 Å². The van der Waals surface area contributed by atoms with E-state index >= 15 is 0 Å². The molecule has 3 rings (SSSR count). The molecule has 0 saturated carbocycles. The van der Waals surface area contributed by atoms with Crippen LogP contribution in [0, 0.1) is 5.92 Å². The van der Waals surface area contributed by atoms with Crippen LogP contribution in [0.5, 0.6) is 0 Å². The van der Waals surface area contributed by atoms with Crippen LogP contribution in [-0.2, 0) is 19.2 Å². The summed E-state index contributed by atoms with van der Waals surface area (Å²) in [5, 5.41) is 11.8. The number of carbonyl (C=O) groups excluding carboxylic acids is 3. The Kier molecular flexibility index (Phi) is 5.64. The van der Waals surface area contributed by atoms with Gasteiger partial charge < -0.3 is 25.1 Å². The highest BCUT2D eigenvalue weighted by molar-refractivity contribution is 8.01. The van der Waals surface area contributed by atoms with E-state index in [0.717, 1.165) is 13.0 Å². The molecule has 3 aliphatic heterocycles. The molecule has 0 aromatic heterocycles.